The minimum atomic E-state index is -3.82. The summed E-state index contributed by atoms with van der Waals surface area (Å²) >= 11 is 0. The third-order valence-corrected chi connectivity index (χ3v) is 6.77. The predicted molar refractivity (Wildman–Crippen MR) is 125 cm³/mol. The number of hydrogen-bond acceptors (Lipinski definition) is 6. The Labute approximate surface area is 196 Å². The summed E-state index contributed by atoms with van der Waals surface area (Å²) in [5.74, 6) is -0.272. The monoisotopic (exact) mass is 477 g/mol. The molecular weight excluding hydrogens is 454 g/mol. The third kappa shape index (κ3) is 4.96. The molecule has 2 N–H and O–H groups in total. The fourth-order valence-corrected chi connectivity index (χ4v) is 4.58. The number of nitrogens with one attached hydrogen (secondary N) is 2. The van der Waals surface area contributed by atoms with Gasteiger partial charge in [0.25, 0.3) is 11.8 Å². The van der Waals surface area contributed by atoms with Gasteiger partial charge in [-0.2, -0.15) is 0 Å². The first-order chi connectivity index (χ1) is 16.2. The summed E-state index contributed by atoms with van der Waals surface area (Å²) in [5, 5.41) is 5.51. The van der Waals surface area contributed by atoms with Gasteiger partial charge >= 0.3 is 0 Å². The Kier molecular flexibility index (Phi) is 6.42. The van der Waals surface area contributed by atoms with E-state index < -0.39 is 9.84 Å². The molecule has 0 atom stereocenters. The molecule has 0 saturated carbocycles. The van der Waals surface area contributed by atoms with Crippen LogP contribution in [0, 0.1) is 0 Å². The fraction of sp³-hybridized carbons (Fsp3) is 0.167. The number of carbonyl (C=O) groups is 2. The van der Waals surface area contributed by atoms with Gasteiger partial charge in [-0.05, 0) is 55.8 Å². The standard InChI is InChI=1S/C24H23N5O4S/c1-16(2)27-22(30)18-4-3-5-20(14-18)34(32,33)19-8-6-17(7-9-19)15-26-23(31)21-10-12-29-13-11-25-24(29)28-21/h3-14,16H,15H2,1-2H3,(H,26,31)(H,27,30). The van der Waals surface area contributed by atoms with Crippen molar-refractivity contribution in [2.45, 2.75) is 36.2 Å². The predicted octanol–water partition coefficient (Wildman–Crippen LogP) is 2.63. The van der Waals surface area contributed by atoms with Crippen molar-refractivity contribution in [3.63, 3.8) is 0 Å². The van der Waals surface area contributed by atoms with Gasteiger partial charge in [0.1, 0.15) is 5.69 Å². The van der Waals surface area contributed by atoms with Gasteiger partial charge in [0.15, 0.2) is 0 Å². The van der Waals surface area contributed by atoms with Crippen molar-refractivity contribution in [1.29, 1.82) is 0 Å². The first-order valence-corrected chi connectivity index (χ1v) is 12.1. The Morgan fingerprint density at radius 1 is 0.971 bits per heavy atom. The maximum absolute atomic E-state index is 13.1. The molecule has 0 aliphatic rings. The Hall–Kier alpha value is -4.05. The number of aromatic nitrogens is 3. The summed E-state index contributed by atoms with van der Waals surface area (Å²) in [5.41, 5.74) is 1.23. The van der Waals surface area contributed by atoms with E-state index in [4.69, 9.17) is 0 Å². The van der Waals surface area contributed by atoms with E-state index >= 15 is 0 Å². The molecule has 0 aliphatic heterocycles. The van der Waals surface area contributed by atoms with Gasteiger partial charge in [0.05, 0.1) is 9.79 Å². The number of amides is 2. The van der Waals surface area contributed by atoms with E-state index in [2.05, 4.69) is 20.6 Å². The van der Waals surface area contributed by atoms with Crippen molar-refractivity contribution in [1.82, 2.24) is 25.0 Å². The SMILES string of the molecule is CC(C)NC(=O)c1cccc(S(=O)(=O)c2ccc(CNC(=O)c3ccn4ccnc4n3)cc2)c1. The molecule has 2 amide bonds. The average molecular weight is 478 g/mol. The van der Waals surface area contributed by atoms with Crippen LogP contribution in [0.3, 0.4) is 0 Å². The average Bonchev–Trinajstić information content (AvgIpc) is 3.30. The molecule has 2 heterocycles. The summed E-state index contributed by atoms with van der Waals surface area (Å²) in [6.45, 7) is 3.86. The van der Waals surface area contributed by atoms with E-state index in [0.717, 1.165) is 5.56 Å². The van der Waals surface area contributed by atoms with Gasteiger partial charge in [0, 0.05) is 36.7 Å². The van der Waals surface area contributed by atoms with E-state index in [1.165, 1.54) is 24.3 Å². The van der Waals surface area contributed by atoms with Crippen molar-refractivity contribution in [2.24, 2.45) is 0 Å². The second-order valence-electron chi connectivity index (χ2n) is 7.93. The van der Waals surface area contributed by atoms with Gasteiger partial charge in [-0.25, -0.2) is 18.4 Å². The highest BCUT2D eigenvalue weighted by molar-refractivity contribution is 7.91. The van der Waals surface area contributed by atoms with Crippen LogP contribution < -0.4 is 10.6 Å². The molecule has 0 bridgehead atoms. The normalized spacial score (nSPS) is 11.5. The Balaban J connectivity index is 1.45. The van der Waals surface area contributed by atoms with Gasteiger partial charge in [0.2, 0.25) is 15.6 Å². The van der Waals surface area contributed by atoms with Gasteiger partial charge in [-0.1, -0.05) is 18.2 Å². The summed E-state index contributed by atoms with van der Waals surface area (Å²) in [6, 6.07) is 13.7. The number of fused-ring (bicyclic) bond motifs is 1. The van der Waals surface area contributed by atoms with Crippen LogP contribution in [0.1, 0.15) is 40.3 Å². The van der Waals surface area contributed by atoms with Crippen LogP contribution in [0.5, 0.6) is 0 Å². The molecule has 0 saturated heterocycles. The molecule has 4 rings (SSSR count). The third-order valence-electron chi connectivity index (χ3n) is 5.01. The summed E-state index contributed by atoms with van der Waals surface area (Å²) in [6.07, 6.45) is 5.03. The van der Waals surface area contributed by atoms with Crippen LogP contribution in [0.2, 0.25) is 0 Å². The van der Waals surface area contributed by atoms with E-state index in [1.807, 2.05) is 13.8 Å². The molecule has 0 spiro atoms. The van der Waals surface area contributed by atoms with E-state index in [-0.39, 0.29) is 45.4 Å². The minimum absolute atomic E-state index is 0.0328. The highest BCUT2D eigenvalue weighted by atomic mass is 32.2. The van der Waals surface area contributed by atoms with Crippen molar-refractivity contribution in [3.05, 3.63) is 90.0 Å². The smallest absolute Gasteiger partial charge is 0.270 e. The molecule has 0 fully saturated rings. The van der Waals surface area contributed by atoms with Crippen molar-refractivity contribution >= 4 is 27.4 Å². The quantitative estimate of drug-likeness (QED) is 0.422. The van der Waals surface area contributed by atoms with Gasteiger partial charge in [-0.15, -0.1) is 0 Å². The summed E-state index contributed by atoms with van der Waals surface area (Å²) in [4.78, 5) is 33.0. The molecular formula is C24H23N5O4S. The van der Waals surface area contributed by atoms with Crippen LogP contribution in [0.15, 0.2) is 83.0 Å². The lowest BCUT2D eigenvalue weighted by Gasteiger charge is -2.10. The molecule has 34 heavy (non-hydrogen) atoms. The fourth-order valence-electron chi connectivity index (χ4n) is 3.28. The zero-order valence-corrected chi connectivity index (χ0v) is 19.4. The number of hydrogen-bond donors (Lipinski definition) is 2. The van der Waals surface area contributed by atoms with Crippen molar-refractivity contribution in [2.75, 3.05) is 0 Å². The van der Waals surface area contributed by atoms with Crippen molar-refractivity contribution < 1.29 is 18.0 Å². The topological polar surface area (TPSA) is 123 Å². The first-order valence-electron chi connectivity index (χ1n) is 10.6. The molecule has 2 aromatic heterocycles. The van der Waals surface area contributed by atoms with E-state index in [9.17, 15) is 18.0 Å². The maximum Gasteiger partial charge on any atom is 0.270 e. The summed E-state index contributed by atoms with van der Waals surface area (Å²) in [7, 11) is -3.82. The number of nitrogens with zero attached hydrogens (tertiary/aromatic N) is 3. The number of carbonyl (C=O) groups excluding carboxylic acids is 2. The molecule has 9 nitrogen and oxygen atoms in total. The number of benzene rings is 2. The van der Waals surface area contributed by atoms with E-state index in [1.54, 1.807) is 53.3 Å². The van der Waals surface area contributed by atoms with Gasteiger partial charge < -0.3 is 10.6 Å². The minimum Gasteiger partial charge on any atom is -0.350 e. The second-order valence-corrected chi connectivity index (χ2v) is 9.88. The Morgan fingerprint density at radius 2 is 1.74 bits per heavy atom. The largest absolute Gasteiger partial charge is 0.350 e. The maximum atomic E-state index is 13.1. The highest BCUT2D eigenvalue weighted by Crippen LogP contribution is 2.22. The van der Waals surface area contributed by atoms with Crippen LogP contribution in [-0.2, 0) is 16.4 Å². The number of sulfone groups is 1. The second kappa shape index (κ2) is 9.44. The van der Waals surface area contributed by atoms with E-state index in [0.29, 0.717) is 5.78 Å². The first kappa shape index (κ1) is 23.1. The van der Waals surface area contributed by atoms with Gasteiger partial charge in [-0.3, -0.25) is 14.0 Å². The lowest BCUT2D eigenvalue weighted by molar-refractivity contribution is 0.0936. The molecule has 0 aliphatic carbocycles. The lowest BCUT2D eigenvalue weighted by atomic mass is 10.2. The van der Waals surface area contributed by atoms with Crippen LogP contribution >= 0.6 is 0 Å². The molecule has 10 heteroatoms. The van der Waals surface area contributed by atoms with Crippen LogP contribution in [0.4, 0.5) is 0 Å². The highest BCUT2D eigenvalue weighted by Gasteiger charge is 2.19. The zero-order chi connectivity index (χ0) is 24.3. The number of rotatable bonds is 7. The molecule has 174 valence electrons. The van der Waals surface area contributed by atoms with Crippen molar-refractivity contribution in [3.8, 4) is 0 Å². The molecule has 4 aromatic rings. The van der Waals surface area contributed by atoms with Crippen LogP contribution in [0.25, 0.3) is 5.78 Å². The number of imidazole rings is 1. The Morgan fingerprint density at radius 3 is 2.47 bits per heavy atom. The molecule has 0 radical (unpaired) electrons. The van der Waals surface area contributed by atoms with Crippen LogP contribution in [-0.4, -0.2) is 40.6 Å². The lowest BCUT2D eigenvalue weighted by Crippen LogP contribution is -2.30. The molecule has 2 aromatic carbocycles. The zero-order valence-electron chi connectivity index (χ0n) is 18.6. The molecule has 0 unspecified atom stereocenters. The summed E-state index contributed by atoms with van der Waals surface area (Å²) < 4.78 is 27.8. The Bertz CT molecular complexity index is 1460.